The van der Waals surface area contributed by atoms with E-state index < -0.39 is 11.5 Å². The van der Waals surface area contributed by atoms with Gasteiger partial charge < -0.3 is 25.5 Å². The maximum Gasteiger partial charge on any atom is 0.261 e. The lowest BCUT2D eigenvalue weighted by Crippen LogP contribution is -2.32. The van der Waals surface area contributed by atoms with Crippen LogP contribution in [0.25, 0.3) is 0 Å². The minimum atomic E-state index is -0.651. The molecule has 2 aliphatic rings. The number of carbonyl (C=O) groups is 2. The third-order valence-electron chi connectivity index (χ3n) is 4.76. The zero-order valence-electron chi connectivity index (χ0n) is 15.4. The molecule has 2 heterocycles. The Morgan fingerprint density at radius 2 is 1.82 bits per heavy atom. The molecule has 1 aliphatic heterocycles. The van der Waals surface area contributed by atoms with Gasteiger partial charge in [0.25, 0.3) is 11.5 Å². The molecule has 1 aliphatic carbocycles. The predicted octanol–water partition coefficient (Wildman–Crippen LogP) is 2.52. The number of nitrogen functional groups attached to an aromatic ring is 1. The van der Waals surface area contributed by atoms with E-state index in [0.29, 0.717) is 41.3 Å². The van der Waals surface area contributed by atoms with Crippen molar-refractivity contribution < 1.29 is 19.1 Å². The van der Waals surface area contributed by atoms with E-state index in [1.54, 1.807) is 6.07 Å². The minimum Gasteiger partial charge on any atom is -0.454 e. The largest absolute Gasteiger partial charge is 0.454 e. The van der Waals surface area contributed by atoms with E-state index in [9.17, 15) is 14.4 Å². The van der Waals surface area contributed by atoms with E-state index in [4.69, 9.17) is 15.2 Å². The molecule has 0 saturated carbocycles. The number of rotatable bonds is 2. The van der Waals surface area contributed by atoms with Crippen molar-refractivity contribution in [1.29, 1.82) is 0 Å². The number of fused-ring (bicyclic) bond motifs is 2. The van der Waals surface area contributed by atoms with Gasteiger partial charge in [0, 0.05) is 29.8 Å². The second-order valence-electron chi connectivity index (χ2n) is 7.59. The van der Waals surface area contributed by atoms with Crippen molar-refractivity contribution in [2.75, 3.05) is 17.8 Å². The normalized spacial score (nSPS) is 16.1. The number of nitrogens with one attached hydrogen (secondary N) is 2. The van der Waals surface area contributed by atoms with Crippen LogP contribution in [-0.4, -0.2) is 23.5 Å². The highest BCUT2D eigenvalue weighted by Crippen LogP contribution is 2.38. The molecular formula is C19H20ClN3O5. The highest BCUT2D eigenvalue weighted by atomic mass is 35.5. The summed E-state index contributed by atoms with van der Waals surface area (Å²) < 4.78 is 10.5. The molecule has 28 heavy (non-hydrogen) atoms. The molecule has 0 atom stereocenters. The summed E-state index contributed by atoms with van der Waals surface area (Å²) >= 11 is 0. The topological polar surface area (TPSA) is 124 Å². The average molecular weight is 406 g/mol. The lowest BCUT2D eigenvalue weighted by atomic mass is 9.75. The molecule has 0 unspecified atom stereocenters. The van der Waals surface area contributed by atoms with Crippen molar-refractivity contribution in [3.8, 4) is 11.5 Å². The first-order valence-electron chi connectivity index (χ1n) is 8.53. The SMILES string of the molecule is CC1(C)CC(=O)c2cc(C(=O)Nc3cc4c(cc3N)OCO4)c(=O)[nH]c2C1.Cl. The molecule has 0 spiro atoms. The molecule has 1 aromatic carbocycles. The molecule has 4 N–H and O–H groups in total. The Morgan fingerprint density at radius 3 is 2.54 bits per heavy atom. The number of carbonyl (C=O) groups excluding carboxylic acids is 2. The number of hydrogen-bond donors (Lipinski definition) is 3. The van der Waals surface area contributed by atoms with Gasteiger partial charge in [-0.25, -0.2) is 0 Å². The summed E-state index contributed by atoms with van der Waals surface area (Å²) in [5.41, 5.74) is 6.55. The summed E-state index contributed by atoms with van der Waals surface area (Å²) in [7, 11) is 0. The van der Waals surface area contributed by atoms with Gasteiger partial charge in [-0.15, -0.1) is 12.4 Å². The predicted molar refractivity (Wildman–Crippen MR) is 106 cm³/mol. The van der Waals surface area contributed by atoms with Crippen LogP contribution in [0, 0.1) is 5.41 Å². The number of anilines is 2. The first kappa shape index (κ1) is 19.8. The number of benzene rings is 1. The van der Waals surface area contributed by atoms with Gasteiger partial charge >= 0.3 is 0 Å². The van der Waals surface area contributed by atoms with E-state index in [0.717, 1.165) is 0 Å². The number of amides is 1. The van der Waals surface area contributed by atoms with Gasteiger partial charge in [-0.2, -0.15) is 0 Å². The first-order chi connectivity index (χ1) is 12.7. The fourth-order valence-electron chi connectivity index (χ4n) is 3.45. The van der Waals surface area contributed by atoms with Crippen molar-refractivity contribution in [2.45, 2.75) is 26.7 Å². The number of ether oxygens (including phenoxy) is 2. The maximum absolute atomic E-state index is 12.6. The number of nitrogens with two attached hydrogens (primary N) is 1. The molecule has 0 saturated heterocycles. The van der Waals surface area contributed by atoms with E-state index in [1.165, 1.54) is 12.1 Å². The van der Waals surface area contributed by atoms with Crippen LogP contribution in [-0.2, 0) is 6.42 Å². The van der Waals surface area contributed by atoms with Crippen molar-refractivity contribution in [2.24, 2.45) is 5.41 Å². The third-order valence-corrected chi connectivity index (χ3v) is 4.76. The Balaban J connectivity index is 0.00000225. The molecular weight excluding hydrogens is 386 g/mol. The van der Waals surface area contributed by atoms with E-state index in [2.05, 4.69) is 10.3 Å². The first-order valence-corrected chi connectivity index (χ1v) is 8.53. The summed E-state index contributed by atoms with van der Waals surface area (Å²) in [6.07, 6.45) is 0.933. The summed E-state index contributed by atoms with van der Waals surface area (Å²) in [5, 5.41) is 2.60. The Kier molecular flexibility index (Phi) is 4.84. The Morgan fingerprint density at radius 1 is 1.14 bits per heavy atom. The molecule has 9 heteroatoms. The summed E-state index contributed by atoms with van der Waals surface area (Å²) in [6.45, 7) is 4.01. The molecule has 0 radical (unpaired) electrons. The molecule has 1 aromatic heterocycles. The lowest BCUT2D eigenvalue weighted by molar-refractivity contribution is 0.0910. The highest BCUT2D eigenvalue weighted by molar-refractivity contribution is 6.08. The number of aromatic nitrogens is 1. The molecule has 148 valence electrons. The van der Waals surface area contributed by atoms with Crippen LogP contribution in [0.3, 0.4) is 0 Å². The fourth-order valence-corrected chi connectivity index (χ4v) is 3.45. The molecule has 2 aromatic rings. The second-order valence-corrected chi connectivity index (χ2v) is 7.59. The van der Waals surface area contributed by atoms with Crippen LogP contribution in [0.2, 0.25) is 0 Å². The van der Waals surface area contributed by atoms with Crippen LogP contribution in [0.4, 0.5) is 11.4 Å². The molecule has 0 bridgehead atoms. The van der Waals surface area contributed by atoms with E-state index in [-0.39, 0.29) is 41.6 Å². The quantitative estimate of drug-likeness (QED) is 0.659. The Labute approximate surface area is 166 Å². The zero-order valence-corrected chi connectivity index (χ0v) is 16.2. The van der Waals surface area contributed by atoms with Gasteiger partial charge in [0.1, 0.15) is 5.56 Å². The highest BCUT2D eigenvalue weighted by Gasteiger charge is 2.32. The van der Waals surface area contributed by atoms with Crippen molar-refractivity contribution in [1.82, 2.24) is 4.98 Å². The number of aromatic amines is 1. The van der Waals surface area contributed by atoms with Crippen molar-refractivity contribution in [3.05, 3.63) is 45.4 Å². The third kappa shape index (κ3) is 3.43. The van der Waals surface area contributed by atoms with Crippen molar-refractivity contribution in [3.63, 3.8) is 0 Å². The number of Topliss-reactive ketones (excluding diaryl/α,β-unsaturated/α-hetero) is 1. The maximum atomic E-state index is 12.6. The molecule has 8 nitrogen and oxygen atoms in total. The number of H-pyrrole nitrogens is 1. The Hall–Kier alpha value is -3.00. The monoisotopic (exact) mass is 405 g/mol. The summed E-state index contributed by atoms with van der Waals surface area (Å²) in [6, 6.07) is 4.45. The number of ketones is 1. The second kappa shape index (κ2) is 6.87. The van der Waals surface area contributed by atoms with Gasteiger partial charge in [0.05, 0.1) is 11.4 Å². The van der Waals surface area contributed by atoms with E-state index >= 15 is 0 Å². The summed E-state index contributed by atoms with van der Waals surface area (Å²) in [5.74, 6) is 0.206. The zero-order chi connectivity index (χ0) is 19.3. The van der Waals surface area contributed by atoms with Gasteiger partial charge in [-0.3, -0.25) is 14.4 Å². The van der Waals surface area contributed by atoms with Gasteiger partial charge in [-0.05, 0) is 17.9 Å². The van der Waals surface area contributed by atoms with Crippen LogP contribution in [0.1, 0.15) is 46.7 Å². The minimum absolute atomic E-state index is 0. The number of hydrogen-bond acceptors (Lipinski definition) is 6. The van der Waals surface area contributed by atoms with Gasteiger partial charge in [0.15, 0.2) is 17.3 Å². The fraction of sp³-hybridized carbons (Fsp3) is 0.316. The van der Waals surface area contributed by atoms with Crippen LogP contribution in [0.15, 0.2) is 23.0 Å². The van der Waals surface area contributed by atoms with Crippen LogP contribution in [0.5, 0.6) is 11.5 Å². The molecule has 0 fully saturated rings. The smallest absolute Gasteiger partial charge is 0.261 e. The Bertz CT molecular complexity index is 1040. The standard InChI is InChI=1S/C19H19N3O5.ClH/c1-19(2)6-13-9(14(23)7-19)3-10(18(25)22-13)17(24)21-12-5-16-15(4-11(12)20)26-8-27-16;/h3-5H,6-8,20H2,1-2H3,(H,21,24)(H,22,25);1H. The molecule has 4 rings (SSSR count). The van der Waals surface area contributed by atoms with Crippen LogP contribution < -0.4 is 26.1 Å². The van der Waals surface area contributed by atoms with Crippen molar-refractivity contribution >= 4 is 35.5 Å². The number of pyridine rings is 1. The van der Waals surface area contributed by atoms with Crippen LogP contribution >= 0.6 is 12.4 Å². The molecule has 1 amide bonds. The van der Waals surface area contributed by atoms with E-state index in [1.807, 2.05) is 13.8 Å². The van der Waals surface area contributed by atoms with Gasteiger partial charge in [-0.1, -0.05) is 13.8 Å². The summed E-state index contributed by atoms with van der Waals surface area (Å²) in [4.78, 5) is 40.2. The lowest BCUT2D eigenvalue weighted by Gasteiger charge is -2.29. The number of halogens is 1. The van der Waals surface area contributed by atoms with Gasteiger partial charge in [0.2, 0.25) is 6.79 Å². The average Bonchev–Trinajstić information content (AvgIpc) is 3.00.